The van der Waals surface area contributed by atoms with E-state index in [1.165, 1.54) is 0 Å². The van der Waals surface area contributed by atoms with Gasteiger partial charge in [-0.05, 0) is 12.8 Å². The molecule has 2 N–H and O–H groups in total. The standard InChI is InChI=1S/C8H15NO4/c1-4-13-7(10)6(5(2)3)9-8(11)12/h5-6,9H,4H2,1-3H3,(H,11,12). The van der Waals surface area contributed by atoms with E-state index in [1.54, 1.807) is 20.8 Å². The maximum atomic E-state index is 11.2. The van der Waals surface area contributed by atoms with Gasteiger partial charge < -0.3 is 15.2 Å². The SMILES string of the molecule is CCOC(=O)C(NC(=O)O)C(C)C. The molecule has 1 amide bonds. The molecule has 5 nitrogen and oxygen atoms in total. The van der Waals surface area contributed by atoms with Gasteiger partial charge in [0.1, 0.15) is 6.04 Å². The van der Waals surface area contributed by atoms with E-state index in [1.807, 2.05) is 0 Å². The number of hydrogen-bond donors (Lipinski definition) is 2. The molecule has 1 atom stereocenters. The summed E-state index contributed by atoms with van der Waals surface area (Å²) in [6.45, 7) is 5.43. The largest absolute Gasteiger partial charge is 0.465 e. The van der Waals surface area contributed by atoms with Crippen molar-refractivity contribution in [1.29, 1.82) is 0 Å². The Morgan fingerprint density at radius 3 is 2.31 bits per heavy atom. The van der Waals surface area contributed by atoms with Crippen LogP contribution in [-0.4, -0.2) is 29.8 Å². The highest BCUT2D eigenvalue weighted by atomic mass is 16.5. The average molecular weight is 189 g/mol. The first-order chi connectivity index (χ1) is 5.99. The van der Waals surface area contributed by atoms with Gasteiger partial charge in [0, 0.05) is 0 Å². The monoisotopic (exact) mass is 189 g/mol. The summed E-state index contributed by atoms with van der Waals surface area (Å²) in [6, 6.07) is -0.780. The van der Waals surface area contributed by atoms with Crippen molar-refractivity contribution in [2.75, 3.05) is 6.61 Å². The Bertz CT molecular complexity index is 191. The van der Waals surface area contributed by atoms with Crippen molar-refractivity contribution in [1.82, 2.24) is 5.32 Å². The Morgan fingerprint density at radius 1 is 1.46 bits per heavy atom. The number of carboxylic acid groups (broad SMARTS) is 1. The lowest BCUT2D eigenvalue weighted by molar-refractivity contribution is -0.146. The zero-order valence-corrected chi connectivity index (χ0v) is 8.03. The first-order valence-corrected chi connectivity index (χ1v) is 4.15. The fourth-order valence-electron chi connectivity index (χ4n) is 0.863. The van der Waals surface area contributed by atoms with E-state index in [-0.39, 0.29) is 12.5 Å². The number of carbonyl (C=O) groups excluding carboxylic acids is 1. The Kier molecular flexibility index (Phi) is 4.87. The molecule has 0 spiro atoms. The van der Waals surface area contributed by atoms with Gasteiger partial charge in [-0.15, -0.1) is 0 Å². The molecular weight excluding hydrogens is 174 g/mol. The van der Waals surface area contributed by atoms with E-state index < -0.39 is 18.1 Å². The lowest BCUT2D eigenvalue weighted by atomic mass is 10.1. The van der Waals surface area contributed by atoms with Gasteiger partial charge in [0.25, 0.3) is 0 Å². The topological polar surface area (TPSA) is 75.6 Å². The van der Waals surface area contributed by atoms with Gasteiger partial charge in [0.2, 0.25) is 0 Å². The summed E-state index contributed by atoms with van der Waals surface area (Å²) in [4.78, 5) is 21.5. The summed E-state index contributed by atoms with van der Waals surface area (Å²) in [5.74, 6) is -0.643. The highest BCUT2D eigenvalue weighted by molar-refractivity contribution is 5.80. The number of carbonyl (C=O) groups is 2. The Morgan fingerprint density at radius 2 is 2.00 bits per heavy atom. The third kappa shape index (κ3) is 4.35. The fourth-order valence-corrected chi connectivity index (χ4v) is 0.863. The molecule has 1 unspecified atom stereocenters. The van der Waals surface area contributed by atoms with E-state index in [0.717, 1.165) is 0 Å². The molecule has 76 valence electrons. The van der Waals surface area contributed by atoms with Crippen molar-refractivity contribution < 1.29 is 19.4 Å². The van der Waals surface area contributed by atoms with E-state index in [9.17, 15) is 9.59 Å². The third-order valence-corrected chi connectivity index (χ3v) is 1.49. The molecule has 0 saturated carbocycles. The van der Waals surface area contributed by atoms with Gasteiger partial charge in [-0.25, -0.2) is 9.59 Å². The van der Waals surface area contributed by atoms with Crippen LogP contribution in [0.5, 0.6) is 0 Å². The van der Waals surface area contributed by atoms with Crippen LogP contribution < -0.4 is 5.32 Å². The van der Waals surface area contributed by atoms with E-state index in [4.69, 9.17) is 9.84 Å². The van der Waals surface area contributed by atoms with Crippen molar-refractivity contribution >= 4 is 12.1 Å². The van der Waals surface area contributed by atoms with Crippen LogP contribution in [0, 0.1) is 5.92 Å². The second-order valence-corrected chi connectivity index (χ2v) is 2.92. The van der Waals surface area contributed by atoms with E-state index in [0.29, 0.717) is 0 Å². The average Bonchev–Trinajstić information content (AvgIpc) is 1.99. The van der Waals surface area contributed by atoms with Crippen molar-refractivity contribution in [3.63, 3.8) is 0 Å². The number of ether oxygens (including phenoxy) is 1. The first kappa shape index (κ1) is 11.7. The van der Waals surface area contributed by atoms with Crippen molar-refractivity contribution in [2.45, 2.75) is 26.8 Å². The molecule has 0 heterocycles. The van der Waals surface area contributed by atoms with Gasteiger partial charge in [-0.2, -0.15) is 0 Å². The summed E-state index contributed by atoms with van der Waals surface area (Å²) in [5.41, 5.74) is 0. The van der Waals surface area contributed by atoms with Crippen molar-refractivity contribution in [2.24, 2.45) is 5.92 Å². The predicted molar refractivity (Wildman–Crippen MR) is 46.4 cm³/mol. The Hall–Kier alpha value is -1.26. The third-order valence-electron chi connectivity index (χ3n) is 1.49. The number of nitrogens with one attached hydrogen (secondary N) is 1. The summed E-state index contributed by atoms with van der Waals surface area (Å²) in [7, 11) is 0. The number of rotatable bonds is 4. The molecule has 0 aromatic rings. The lowest BCUT2D eigenvalue weighted by Crippen LogP contribution is -2.44. The normalized spacial score (nSPS) is 12.3. The molecule has 0 saturated heterocycles. The van der Waals surface area contributed by atoms with Gasteiger partial charge in [-0.1, -0.05) is 13.8 Å². The molecular formula is C8H15NO4. The molecule has 0 aliphatic rings. The molecule has 0 radical (unpaired) electrons. The van der Waals surface area contributed by atoms with Crippen molar-refractivity contribution in [3.8, 4) is 0 Å². The molecule has 0 aromatic heterocycles. The minimum atomic E-state index is -1.22. The zero-order chi connectivity index (χ0) is 10.4. The smallest absolute Gasteiger partial charge is 0.405 e. The van der Waals surface area contributed by atoms with E-state index in [2.05, 4.69) is 5.32 Å². The number of amides is 1. The predicted octanol–water partition coefficient (Wildman–Crippen LogP) is 0.842. The molecule has 0 aliphatic carbocycles. The summed E-state index contributed by atoms with van der Waals surface area (Å²) in [6.07, 6.45) is -1.22. The van der Waals surface area contributed by atoms with Gasteiger partial charge in [-0.3, -0.25) is 0 Å². The highest BCUT2D eigenvalue weighted by Gasteiger charge is 2.24. The number of esters is 1. The van der Waals surface area contributed by atoms with Crippen LogP contribution in [0.3, 0.4) is 0 Å². The van der Waals surface area contributed by atoms with Crippen LogP contribution in [-0.2, 0) is 9.53 Å². The molecule has 0 aliphatic heterocycles. The molecule has 5 heteroatoms. The molecule has 0 fully saturated rings. The quantitative estimate of drug-likeness (QED) is 0.642. The number of hydrogen-bond acceptors (Lipinski definition) is 3. The second kappa shape index (κ2) is 5.40. The molecule has 13 heavy (non-hydrogen) atoms. The summed E-state index contributed by atoms with van der Waals surface area (Å²) >= 11 is 0. The van der Waals surface area contributed by atoms with Crippen molar-refractivity contribution in [3.05, 3.63) is 0 Å². The van der Waals surface area contributed by atoms with Gasteiger partial charge in [0.05, 0.1) is 6.61 Å². The van der Waals surface area contributed by atoms with E-state index >= 15 is 0 Å². The molecule has 0 bridgehead atoms. The minimum Gasteiger partial charge on any atom is -0.465 e. The van der Waals surface area contributed by atoms with Crippen LogP contribution in [0.25, 0.3) is 0 Å². The highest BCUT2D eigenvalue weighted by Crippen LogP contribution is 2.03. The fraction of sp³-hybridized carbons (Fsp3) is 0.750. The summed E-state index contributed by atoms with van der Waals surface area (Å²) < 4.78 is 4.70. The molecule has 0 rings (SSSR count). The van der Waals surface area contributed by atoms with Gasteiger partial charge >= 0.3 is 12.1 Å². The zero-order valence-electron chi connectivity index (χ0n) is 8.03. The maximum absolute atomic E-state index is 11.2. The van der Waals surface area contributed by atoms with Crippen LogP contribution in [0.2, 0.25) is 0 Å². The summed E-state index contributed by atoms with van der Waals surface area (Å²) in [5, 5.41) is 10.5. The molecule has 0 aromatic carbocycles. The lowest BCUT2D eigenvalue weighted by Gasteiger charge is -2.18. The van der Waals surface area contributed by atoms with Crippen LogP contribution in [0.15, 0.2) is 0 Å². The minimum absolute atomic E-state index is 0.116. The van der Waals surface area contributed by atoms with Crippen LogP contribution in [0.4, 0.5) is 4.79 Å². The Labute approximate surface area is 77.1 Å². The van der Waals surface area contributed by atoms with Gasteiger partial charge in [0.15, 0.2) is 0 Å². The second-order valence-electron chi connectivity index (χ2n) is 2.92. The van der Waals surface area contributed by atoms with Crippen LogP contribution >= 0.6 is 0 Å². The maximum Gasteiger partial charge on any atom is 0.405 e. The Balaban J connectivity index is 4.24. The van der Waals surface area contributed by atoms with Crippen LogP contribution in [0.1, 0.15) is 20.8 Å². The first-order valence-electron chi connectivity index (χ1n) is 4.15.